The molecule has 5 rings (SSSR count). The summed E-state index contributed by atoms with van der Waals surface area (Å²) in [7, 11) is -4.18. The van der Waals surface area contributed by atoms with E-state index in [1.54, 1.807) is 26.8 Å². The maximum Gasteiger partial charge on any atom is 0.459 e. The Morgan fingerprint density at radius 2 is 1.69 bits per heavy atom. The number of anilines is 1. The summed E-state index contributed by atoms with van der Waals surface area (Å²) in [5, 5.41) is 5.35. The minimum atomic E-state index is -4.18. The number of imidazole rings is 1. The lowest BCUT2D eigenvalue weighted by Crippen LogP contribution is -2.36. The van der Waals surface area contributed by atoms with E-state index in [4.69, 9.17) is 29.2 Å². The number of carbonyl (C=O) groups excluding carboxylic acids is 1. The average Bonchev–Trinajstić information content (AvgIpc) is 3.40. The van der Waals surface area contributed by atoms with Gasteiger partial charge in [0.1, 0.15) is 29.7 Å². The molecule has 3 aromatic carbocycles. The number of nitrogens with zero attached hydrogens (tertiary/aromatic N) is 3. The van der Waals surface area contributed by atoms with Crippen LogP contribution in [-0.4, -0.2) is 45.9 Å². The second-order valence-electron chi connectivity index (χ2n) is 11.0. The van der Waals surface area contributed by atoms with E-state index in [1.807, 2.05) is 79.1 Å². The molecular formula is C33H40N5O6P. The molecule has 0 aliphatic rings. The molecule has 0 amide bonds. The number of ether oxygens (including phenoxy) is 2. The highest BCUT2D eigenvalue weighted by Gasteiger charge is 2.35. The summed E-state index contributed by atoms with van der Waals surface area (Å²) in [5.74, 6) is 0.728. The molecule has 12 heteroatoms. The van der Waals surface area contributed by atoms with Gasteiger partial charge in [0.2, 0.25) is 0 Å². The van der Waals surface area contributed by atoms with Crippen molar-refractivity contribution in [2.75, 3.05) is 18.9 Å². The van der Waals surface area contributed by atoms with E-state index < -0.39 is 19.8 Å². The van der Waals surface area contributed by atoms with Crippen LogP contribution >= 0.6 is 7.75 Å². The number of nitrogens with one attached hydrogen (secondary N) is 1. The normalized spacial score (nSPS) is 14.5. The van der Waals surface area contributed by atoms with Crippen molar-refractivity contribution in [2.45, 2.75) is 65.8 Å². The molecule has 0 aliphatic carbocycles. The molecule has 0 bridgehead atoms. The Labute approximate surface area is 262 Å². The van der Waals surface area contributed by atoms with E-state index in [1.165, 1.54) is 0 Å². The standard InChI is InChI=1S/C33H40N5O6P/c1-6-24(38-29(20-41-7-2)36-30-31(38)26-16-10-11-17-27(26)35-32(30)34)19-42-45(40,37-22(5)33(39)43-21(3)4)44-28-18-12-14-23-13-8-9-15-25(23)28/h8-18,21-22,24H,6-7,19-20H2,1-5H3,(H2,34,35)(H,37,40)/t22-,24-,45-/m0/s1. The van der Waals surface area contributed by atoms with Crippen molar-refractivity contribution in [1.29, 1.82) is 0 Å². The minimum absolute atomic E-state index is 0.0430. The van der Waals surface area contributed by atoms with E-state index in [0.717, 1.165) is 27.2 Å². The summed E-state index contributed by atoms with van der Waals surface area (Å²) in [6, 6.07) is 19.4. The third kappa shape index (κ3) is 7.12. The Kier molecular flexibility index (Phi) is 10.0. The maximum atomic E-state index is 14.6. The van der Waals surface area contributed by atoms with Crippen LogP contribution in [-0.2, 0) is 30.0 Å². The molecule has 11 nitrogen and oxygen atoms in total. The van der Waals surface area contributed by atoms with Crippen LogP contribution in [0, 0.1) is 0 Å². The largest absolute Gasteiger partial charge is 0.462 e. The molecule has 0 radical (unpaired) electrons. The third-order valence-electron chi connectivity index (χ3n) is 7.36. The number of nitrogens with two attached hydrogens (primary N) is 1. The Morgan fingerprint density at radius 1 is 0.978 bits per heavy atom. The van der Waals surface area contributed by atoms with Crippen molar-refractivity contribution in [1.82, 2.24) is 19.6 Å². The highest BCUT2D eigenvalue weighted by atomic mass is 31.2. The molecule has 0 spiro atoms. The first-order valence-corrected chi connectivity index (χ1v) is 16.7. The number of aromatic nitrogens is 3. The van der Waals surface area contributed by atoms with Gasteiger partial charge in [-0.1, -0.05) is 61.5 Å². The molecule has 238 valence electrons. The van der Waals surface area contributed by atoms with E-state index in [9.17, 15) is 9.36 Å². The van der Waals surface area contributed by atoms with Crippen LogP contribution < -0.4 is 15.3 Å². The van der Waals surface area contributed by atoms with E-state index in [0.29, 0.717) is 35.9 Å². The smallest absolute Gasteiger partial charge is 0.459 e. The summed E-state index contributed by atoms with van der Waals surface area (Å²) in [6.45, 7) is 9.67. The van der Waals surface area contributed by atoms with Gasteiger partial charge in [0, 0.05) is 17.4 Å². The average molecular weight is 634 g/mol. The molecule has 0 aliphatic heterocycles. The Hall–Kier alpha value is -4.02. The first kappa shape index (κ1) is 32.4. The molecular weight excluding hydrogens is 593 g/mol. The van der Waals surface area contributed by atoms with E-state index >= 15 is 0 Å². The molecule has 3 N–H and O–H groups in total. The highest BCUT2D eigenvalue weighted by molar-refractivity contribution is 7.52. The monoisotopic (exact) mass is 633 g/mol. The zero-order valence-electron chi connectivity index (χ0n) is 26.2. The fraction of sp³-hybridized carbons (Fsp3) is 0.364. The van der Waals surface area contributed by atoms with Gasteiger partial charge < -0.3 is 24.3 Å². The molecule has 2 heterocycles. The highest BCUT2D eigenvalue weighted by Crippen LogP contribution is 2.48. The van der Waals surface area contributed by atoms with Crippen LogP contribution in [0.2, 0.25) is 0 Å². The van der Waals surface area contributed by atoms with Crippen molar-refractivity contribution in [3.8, 4) is 5.75 Å². The SMILES string of the molecule is CCOCc1nc2c(N)nc3ccccc3c2n1[C@@H](CC)CO[P@@](=O)(N[C@@H](C)C(=O)OC(C)C)Oc1cccc2ccccc12. The zero-order chi connectivity index (χ0) is 32.1. The predicted octanol–water partition coefficient (Wildman–Crippen LogP) is 6.94. The molecule has 0 fully saturated rings. The number of carbonyl (C=O) groups is 1. The second kappa shape index (κ2) is 14.0. The number of benzene rings is 3. The molecule has 5 aromatic rings. The number of nitrogen functional groups attached to an aromatic ring is 1. The molecule has 0 saturated heterocycles. The van der Waals surface area contributed by atoms with Gasteiger partial charge in [0.15, 0.2) is 5.82 Å². The van der Waals surface area contributed by atoms with Crippen molar-refractivity contribution in [2.24, 2.45) is 0 Å². The molecule has 2 aromatic heterocycles. The number of hydrogen-bond acceptors (Lipinski definition) is 9. The first-order valence-electron chi connectivity index (χ1n) is 15.2. The van der Waals surface area contributed by atoms with Gasteiger partial charge in [0.25, 0.3) is 0 Å². The predicted molar refractivity (Wildman–Crippen MR) is 176 cm³/mol. The van der Waals surface area contributed by atoms with Crippen LogP contribution in [0.4, 0.5) is 5.82 Å². The van der Waals surface area contributed by atoms with Crippen LogP contribution in [0.3, 0.4) is 0 Å². The molecule has 3 atom stereocenters. The number of rotatable bonds is 14. The van der Waals surface area contributed by atoms with Crippen LogP contribution in [0.15, 0.2) is 66.7 Å². The first-order chi connectivity index (χ1) is 21.6. The summed E-state index contributed by atoms with van der Waals surface area (Å²) >= 11 is 0. The number of esters is 1. The van der Waals surface area contributed by atoms with Gasteiger partial charge in [-0.15, -0.1) is 0 Å². The number of fused-ring (bicyclic) bond motifs is 4. The number of pyridine rings is 1. The number of hydrogen-bond donors (Lipinski definition) is 2. The fourth-order valence-electron chi connectivity index (χ4n) is 5.24. The van der Waals surface area contributed by atoms with Gasteiger partial charge in [-0.3, -0.25) is 9.32 Å². The quantitative estimate of drug-likeness (QED) is 0.0976. The Balaban J connectivity index is 1.54. The van der Waals surface area contributed by atoms with Crippen LogP contribution in [0.5, 0.6) is 5.75 Å². The van der Waals surface area contributed by atoms with Crippen molar-refractivity contribution < 1.29 is 27.9 Å². The summed E-state index contributed by atoms with van der Waals surface area (Å²) in [5.41, 5.74) is 8.46. The molecule has 0 unspecified atom stereocenters. The summed E-state index contributed by atoms with van der Waals surface area (Å²) < 4.78 is 40.1. The number of para-hydroxylation sites is 1. The van der Waals surface area contributed by atoms with Crippen LogP contribution in [0.25, 0.3) is 32.7 Å². The van der Waals surface area contributed by atoms with Crippen molar-refractivity contribution in [3.63, 3.8) is 0 Å². The Morgan fingerprint density at radius 3 is 2.42 bits per heavy atom. The summed E-state index contributed by atoms with van der Waals surface area (Å²) in [6.07, 6.45) is 0.237. The van der Waals surface area contributed by atoms with Gasteiger partial charge in [-0.05, 0) is 51.6 Å². The second-order valence-corrected chi connectivity index (χ2v) is 12.7. The van der Waals surface area contributed by atoms with Gasteiger partial charge in [-0.2, -0.15) is 5.09 Å². The lowest BCUT2D eigenvalue weighted by atomic mass is 10.1. The lowest BCUT2D eigenvalue weighted by Gasteiger charge is -2.27. The topological polar surface area (TPSA) is 140 Å². The zero-order valence-corrected chi connectivity index (χ0v) is 27.1. The Bertz CT molecular complexity index is 1850. The maximum absolute atomic E-state index is 14.6. The fourth-order valence-corrected chi connectivity index (χ4v) is 6.78. The molecule has 0 saturated carbocycles. The minimum Gasteiger partial charge on any atom is -0.462 e. The van der Waals surface area contributed by atoms with Gasteiger partial charge >= 0.3 is 13.7 Å². The summed E-state index contributed by atoms with van der Waals surface area (Å²) in [4.78, 5) is 22.2. The van der Waals surface area contributed by atoms with Crippen LogP contribution in [0.1, 0.15) is 52.9 Å². The van der Waals surface area contributed by atoms with Crippen molar-refractivity contribution in [3.05, 3.63) is 72.6 Å². The third-order valence-corrected chi connectivity index (χ3v) is 8.99. The molecule has 45 heavy (non-hydrogen) atoms. The van der Waals surface area contributed by atoms with Gasteiger partial charge in [-0.25, -0.2) is 14.5 Å². The van der Waals surface area contributed by atoms with E-state index in [-0.39, 0.29) is 25.4 Å². The lowest BCUT2D eigenvalue weighted by molar-refractivity contribution is -0.149. The van der Waals surface area contributed by atoms with Crippen molar-refractivity contribution >= 4 is 52.2 Å². The van der Waals surface area contributed by atoms with E-state index in [2.05, 4.69) is 10.1 Å². The van der Waals surface area contributed by atoms with Gasteiger partial charge in [0.05, 0.1) is 29.8 Å².